The summed E-state index contributed by atoms with van der Waals surface area (Å²) < 4.78 is 16.5. The summed E-state index contributed by atoms with van der Waals surface area (Å²) in [5.41, 5.74) is 0.0845. The van der Waals surface area contributed by atoms with E-state index >= 15 is 0 Å². The Balaban J connectivity index is 2.44. The highest BCUT2D eigenvalue weighted by molar-refractivity contribution is 5.89. The van der Waals surface area contributed by atoms with Crippen LogP contribution in [0, 0.1) is 0 Å². The summed E-state index contributed by atoms with van der Waals surface area (Å²) in [5, 5.41) is 0.676. The Bertz CT molecular complexity index is 781. The molecule has 1 N–H and O–H groups in total. The lowest BCUT2D eigenvalue weighted by molar-refractivity contribution is -0.132. The number of pyridine rings is 1. The van der Waals surface area contributed by atoms with E-state index in [-0.39, 0.29) is 5.75 Å². The van der Waals surface area contributed by atoms with Gasteiger partial charge in [-0.1, -0.05) is 26.7 Å². The zero-order valence-corrected chi connectivity index (χ0v) is 15.0. The molecule has 0 saturated heterocycles. The molecule has 0 bridgehead atoms. The van der Waals surface area contributed by atoms with Crippen molar-refractivity contribution in [3.63, 3.8) is 0 Å². The average molecular weight is 347 g/mol. The van der Waals surface area contributed by atoms with Gasteiger partial charge in [-0.3, -0.25) is 9.59 Å². The van der Waals surface area contributed by atoms with Crippen molar-refractivity contribution in [3.8, 4) is 17.2 Å². The van der Waals surface area contributed by atoms with Crippen molar-refractivity contribution < 1.29 is 19.0 Å². The van der Waals surface area contributed by atoms with Gasteiger partial charge in [0.05, 0.1) is 18.7 Å². The van der Waals surface area contributed by atoms with Gasteiger partial charge in [0.2, 0.25) is 5.75 Å². The van der Waals surface area contributed by atoms with Crippen LogP contribution in [0.15, 0.2) is 23.0 Å². The van der Waals surface area contributed by atoms with E-state index in [0.717, 1.165) is 25.7 Å². The van der Waals surface area contributed by atoms with Crippen LogP contribution < -0.4 is 19.8 Å². The SMILES string of the molecule is CCCCOc1ccc2c(OCCCC)c(OC(C)=O)c(=O)[nH]c2c1. The van der Waals surface area contributed by atoms with E-state index < -0.39 is 11.5 Å². The lowest BCUT2D eigenvalue weighted by atomic mass is 10.2. The molecule has 0 spiro atoms. The zero-order valence-electron chi connectivity index (χ0n) is 15.0. The molecule has 0 aliphatic heterocycles. The number of aromatic nitrogens is 1. The fraction of sp³-hybridized carbons (Fsp3) is 0.474. The number of hydrogen-bond acceptors (Lipinski definition) is 5. The minimum Gasteiger partial charge on any atom is -0.494 e. The Morgan fingerprint density at radius 1 is 1.04 bits per heavy atom. The van der Waals surface area contributed by atoms with E-state index in [4.69, 9.17) is 14.2 Å². The Labute approximate surface area is 147 Å². The third-order valence-corrected chi connectivity index (χ3v) is 3.65. The first-order chi connectivity index (χ1) is 12.1. The summed E-state index contributed by atoms with van der Waals surface area (Å²) in [4.78, 5) is 26.4. The largest absolute Gasteiger partial charge is 0.494 e. The lowest BCUT2D eigenvalue weighted by Gasteiger charge is -2.14. The van der Waals surface area contributed by atoms with E-state index in [0.29, 0.717) is 35.6 Å². The maximum absolute atomic E-state index is 12.3. The second kappa shape index (κ2) is 9.11. The molecule has 2 aromatic rings. The number of hydrogen-bond donors (Lipinski definition) is 1. The number of aromatic amines is 1. The Hall–Kier alpha value is -2.50. The number of carbonyl (C=O) groups is 1. The van der Waals surface area contributed by atoms with E-state index in [1.54, 1.807) is 12.1 Å². The molecule has 136 valence electrons. The molecule has 1 heterocycles. The van der Waals surface area contributed by atoms with Crippen LogP contribution in [0.1, 0.15) is 46.5 Å². The van der Waals surface area contributed by atoms with Gasteiger partial charge in [0.1, 0.15) is 5.75 Å². The standard InChI is InChI=1S/C19H25NO5/c1-4-6-10-23-14-8-9-15-16(12-14)20-19(22)18(25-13(3)21)17(15)24-11-7-5-2/h8-9,12H,4-7,10-11H2,1-3H3,(H,20,22). The number of nitrogens with one attached hydrogen (secondary N) is 1. The normalized spacial score (nSPS) is 10.7. The van der Waals surface area contributed by atoms with Crippen molar-refractivity contribution in [1.29, 1.82) is 0 Å². The van der Waals surface area contributed by atoms with Gasteiger partial charge in [-0.15, -0.1) is 0 Å². The van der Waals surface area contributed by atoms with Crippen molar-refractivity contribution >= 4 is 16.9 Å². The summed E-state index contributed by atoms with van der Waals surface area (Å²) in [5.74, 6) is 0.305. The molecule has 2 rings (SSSR count). The van der Waals surface area contributed by atoms with Crippen molar-refractivity contribution in [2.75, 3.05) is 13.2 Å². The van der Waals surface area contributed by atoms with Crippen LogP contribution in [0.5, 0.6) is 17.2 Å². The average Bonchev–Trinajstić information content (AvgIpc) is 2.57. The van der Waals surface area contributed by atoms with Crippen LogP contribution in [0.4, 0.5) is 0 Å². The van der Waals surface area contributed by atoms with Gasteiger partial charge < -0.3 is 19.2 Å². The first-order valence-corrected chi connectivity index (χ1v) is 8.70. The molecule has 0 aliphatic rings. The number of ether oxygens (including phenoxy) is 3. The van der Waals surface area contributed by atoms with Crippen LogP contribution in [0.25, 0.3) is 10.9 Å². The van der Waals surface area contributed by atoms with Crippen LogP contribution in [-0.2, 0) is 4.79 Å². The monoisotopic (exact) mass is 347 g/mol. The molecule has 6 heteroatoms. The molecule has 0 saturated carbocycles. The number of fused-ring (bicyclic) bond motifs is 1. The first-order valence-electron chi connectivity index (χ1n) is 8.70. The maximum atomic E-state index is 12.3. The summed E-state index contributed by atoms with van der Waals surface area (Å²) in [6.45, 7) is 6.46. The van der Waals surface area contributed by atoms with Crippen molar-refractivity contribution in [2.45, 2.75) is 46.5 Å². The van der Waals surface area contributed by atoms with Crippen LogP contribution in [0.2, 0.25) is 0 Å². The smallest absolute Gasteiger partial charge is 0.308 e. The highest BCUT2D eigenvalue weighted by Gasteiger charge is 2.18. The Kier molecular flexibility index (Phi) is 6.86. The van der Waals surface area contributed by atoms with Gasteiger partial charge in [-0.25, -0.2) is 0 Å². The molecule has 0 aliphatic carbocycles. The molecule has 0 radical (unpaired) electrons. The van der Waals surface area contributed by atoms with Crippen LogP contribution in [-0.4, -0.2) is 24.2 Å². The molecule has 6 nitrogen and oxygen atoms in total. The van der Waals surface area contributed by atoms with Gasteiger partial charge in [-0.2, -0.15) is 0 Å². The summed E-state index contributed by atoms with van der Waals surface area (Å²) in [7, 11) is 0. The fourth-order valence-corrected chi connectivity index (χ4v) is 2.35. The molecule has 0 amide bonds. The van der Waals surface area contributed by atoms with Gasteiger partial charge in [0.15, 0.2) is 5.75 Å². The summed E-state index contributed by atoms with van der Waals surface area (Å²) in [6, 6.07) is 5.39. The highest BCUT2D eigenvalue weighted by Crippen LogP contribution is 2.33. The molecule has 0 unspecified atom stereocenters. The number of benzene rings is 1. The molecular formula is C19H25NO5. The second-order valence-corrected chi connectivity index (χ2v) is 5.82. The van der Waals surface area contributed by atoms with E-state index in [2.05, 4.69) is 11.9 Å². The Morgan fingerprint density at radius 2 is 1.72 bits per heavy atom. The topological polar surface area (TPSA) is 77.6 Å². The third-order valence-electron chi connectivity index (χ3n) is 3.65. The van der Waals surface area contributed by atoms with E-state index in [1.165, 1.54) is 6.92 Å². The number of rotatable bonds is 9. The van der Waals surface area contributed by atoms with Crippen molar-refractivity contribution in [2.24, 2.45) is 0 Å². The van der Waals surface area contributed by atoms with Gasteiger partial charge in [0, 0.05) is 18.4 Å². The van der Waals surface area contributed by atoms with Gasteiger partial charge in [0.25, 0.3) is 5.56 Å². The summed E-state index contributed by atoms with van der Waals surface area (Å²) >= 11 is 0. The van der Waals surface area contributed by atoms with Crippen LogP contribution in [0.3, 0.4) is 0 Å². The lowest BCUT2D eigenvalue weighted by Crippen LogP contribution is -2.16. The van der Waals surface area contributed by atoms with Gasteiger partial charge >= 0.3 is 5.97 Å². The zero-order chi connectivity index (χ0) is 18.2. The molecule has 0 atom stereocenters. The van der Waals surface area contributed by atoms with Gasteiger partial charge in [-0.05, 0) is 25.0 Å². The highest BCUT2D eigenvalue weighted by atomic mass is 16.6. The van der Waals surface area contributed by atoms with Crippen LogP contribution >= 0.6 is 0 Å². The molecular weight excluding hydrogens is 322 g/mol. The minimum absolute atomic E-state index is 0.101. The van der Waals surface area contributed by atoms with E-state index in [1.807, 2.05) is 13.0 Å². The quantitative estimate of drug-likeness (QED) is 0.551. The number of H-pyrrole nitrogens is 1. The predicted octanol–water partition coefficient (Wildman–Crippen LogP) is 3.81. The fourth-order valence-electron chi connectivity index (χ4n) is 2.35. The number of unbranched alkanes of at least 4 members (excludes halogenated alkanes) is 2. The molecule has 25 heavy (non-hydrogen) atoms. The first kappa shape index (κ1) is 18.8. The van der Waals surface area contributed by atoms with Crippen molar-refractivity contribution in [3.05, 3.63) is 28.6 Å². The predicted molar refractivity (Wildman–Crippen MR) is 96.7 cm³/mol. The van der Waals surface area contributed by atoms with Crippen molar-refractivity contribution in [1.82, 2.24) is 4.98 Å². The molecule has 0 fully saturated rings. The third kappa shape index (κ3) is 4.98. The summed E-state index contributed by atoms with van der Waals surface area (Å²) in [6.07, 6.45) is 3.81. The van der Waals surface area contributed by atoms with E-state index in [9.17, 15) is 9.59 Å². The maximum Gasteiger partial charge on any atom is 0.308 e. The number of esters is 1. The second-order valence-electron chi connectivity index (χ2n) is 5.82. The minimum atomic E-state index is -0.565. The number of carbonyl (C=O) groups excluding carboxylic acids is 1. The Morgan fingerprint density at radius 3 is 2.36 bits per heavy atom. The molecule has 1 aromatic heterocycles. The molecule has 1 aromatic carbocycles.